The molecule has 6 aliphatic rings. The average molecular weight is 955 g/mol. The Morgan fingerprint density at radius 1 is 0.676 bits per heavy atom. The molecule has 3 atom stereocenters. The summed E-state index contributed by atoms with van der Waals surface area (Å²) < 4.78 is 0. The van der Waals surface area contributed by atoms with Crippen LogP contribution in [0.25, 0.3) is 0 Å². The van der Waals surface area contributed by atoms with Crippen molar-refractivity contribution in [3.05, 3.63) is 162 Å². The number of hydrogen-bond acceptors (Lipinski definition) is 10. The fraction of sp³-hybridized carbons (Fsp3) is 0.368. The van der Waals surface area contributed by atoms with E-state index in [0.29, 0.717) is 82.0 Å². The number of aliphatic hydroxyl groups is 2. The van der Waals surface area contributed by atoms with E-state index in [4.69, 9.17) is 0 Å². The highest BCUT2D eigenvalue weighted by Crippen LogP contribution is 2.49. The highest BCUT2D eigenvalue weighted by Gasteiger charge is 2.56. The van der Waals surface area contributed by atoms with Crippen LogP contribution in [0.2, 0.25) is 0 Å². The summed E-state index contributed by atoms with van der Waals surface area (Å²) in [4.78, 5) is 69.6. The van der Waals surface area contributed by atoms with Gasteiger partial charge in [-0.25, -0.2) is 0 Å². The number of amides is 4. The minimum absolute atomic E-state index is 0.0185. The molecule has 6 heterocycles. The molecule has 0 aliphatic carbocycles. The quantitative estimate of drug-likeness (QED) is 0.119. The average Bonchev–Trinajstić information content (AvgIpc) is 3.93. The van der Waals surface area contributed by atoms with Crippen molar-refractivity contribution in [3.63, 3.8) is 0 Å². The van der Waals surface area contributed by atoms with Crippen molar-refractivity contribution < 1.29 is 29.4 Å². The van der Waals surface area contributed by atoms with E-state index >= 15 is 4.79 Å². The molecule has 14 heteroatoms. The fourth-order valence-corrected chi connectivity index (χ4v) is 12.2. The van der Waals surface area contributed by atoms with Crippen LogP contribution < -0.4 is 35.1 Å². The van der Waals surface area contributed by atoms with Gasteiger partial charge in [-0.2, -0.15) is 0 Å². The lowest BCUT2D eigenvalue weighted by Gasteiger charge is -2.39. The summed E-state index contributed by atoms with van der Waals surface area (Å²) in [7, 11) is 0. The molecule has 0 saturated carbocycles. The molecule has 5 aromatic rings. The number of piperidine rings is 2. The Morgan fingerprint density at radius 3 is 1.79 bits per heavy atom. The molecule has 366 valence electrons. The number of benzene rings is 5. The number of fused-ring (bicyclic) bond motifs is 2. The third-order valence-electron chi connectivity index (χ3n) is 16.3. The molecule has 6 aliphatic heterocycles. The molecule has 0 aromatic heterocycles. The number of nitrogens with zero attached hydrogens (tertiary/aromatic N) is 6. The summed E-state index contributed by atoms with van der Waals surface area (Å²) in [6.45, 7) is 5.80. The van der Waals surface area contributed by atoms with Gasteiger partial charge in [-0.3, -0.25) is 29.0 Å². The molecule has 5 aromatic carbocycles. The van der Waals surface area contributed by atoms with Crippen LogP contribution in [0.15, 0.2) is 140 Å². The molecule has 71 heavy (non-hydrogen) atoms. The zero-order valence-corrected chi connectivity index (χ0v) is 40.3. The van der Waals surface area contributed by atoms with E-state index in [2.05, 4.69) is 32.6 Å². The van der Waals surface area contributed by atoms with Gasteiger partial charge in [-0.1, -0.05) is 91.9 Å². The Morgan fingerprint density at radius 2 is 1.21 bits per heavy atom. The van der Waals surface area contributed by atoms with E-state index in [1.807, 2.05) is 114 Å². The maximum Gasteiger partial charge on any atom is 0.264 e. The van der Waals surface area contributed by atoms with Crippen LogP contribution in [0.3, 0.4) is 0 Å². The first-order valence-electron chi connectivity index (χ1n) is 25.2. The molecule has 4 fully saturated rings. The standard InChI is InChI=1S/C57H62N8O6/c1-40(11-10-18-51(67)60-36-43-13-9-8-12-42(43)33-48(60)37-66)57(71)49-34-47(63-39-65(46-16-6-3-7-17-46)56(53(63)69)27-31-59-32-28-56)23-24-50(49)61(54(57)70)35-41-19-21-44(22-20-41)62-38-64(45-14-4-2-5-15-45)55(52(62)68)25-29-58-30-26-55/h2-17,19-24,34,40,48,58-59,66,71H,18,25-33,35-39H2,1H3/b11-10+/t40-,48+,57+/m1/s1. The summed E-state index contributed by atoms with van der Waals surface area (Å²) in [6.07, 6.45) is 6.71. The predicted molar refractivity (Wildman–Crippen MR) is 275 cm³/mol. The van der Waals surface area contributed by atoms with Crippen molar-refractivity contribution in [1.82, 2.24) is 15.5 Å². The van der Waals surface area contributed by atoms with Crippen molar-refractivity contribution in [2.75, 3.05) is 70.6 Å². The molecule has 0 unspecified atom stereocenters. The molecule has 14 nitrogen and oxygen atoms in total. The van der Waals surface area contributed by atoms with Crippen LogP contribution in [0.1, 0.15) is 61.3 Å². The lowest BCUT2D eigenvalue weighted by Crippen LogP contribution is -2.55. The second-order valence-electron chi connectivity index (χ2n) is 20.1. The lowest BCUT2D eigenvalue weighted by atomic mass is 9.82. The first kappa shape index (κ1) is 46.5. The number of carbonyl (C=O) groups is 4. The van der Waals surface area contributed by atoms with Gasteiger partial charge >= 0.3 is 0 Å². The second-order valence-corrected chi connectivity index (χ2v) is 20.1. The third-order valence-corrected chi connectivity index (χ3v) is 16.3. The molecule has 11 rings (SSSR count). The normalized spacial score (nSPS) is 23.1. The van der Waals surface area contributed by atoms with Crippen molar-refractivity contribution in [2.24, 2.45) is 5.92 Å². The second kappa shape index (κ2) is 18.7. The molecule has 2 spiro atoms. The molecule has 4 saturated heterocycles. The van der Waals surface area contributed by atoms with Gasteiger partial charge in [0.1, 0.15) is 11.1 Å². The third kappa shape index (κ3) is 7.88. The van der Waals surface area contributed by atoms with Gasteiger partial charge in [0.15, 0.2) is 5.60 Å². The smallest absolute Gasteiger partial charge is 0.264 e. The monoisotopic (exact) mass is 954 g/mol. The minimum atomic E-state index is -2.05. The predicted octanol–water partition coefficient (Wildman–Crippen LogP) is 5.82. The molecule has 4 N–H and O–H groups in total. The van der Waals surface area contributed by atoms with E-state index < -0.39 is 28.5 Å². The maximum absolute atomic E-state index is 15.1. The number of aliphatic hydroxyl groups excluding tert-OH is 1. The molecular weight excluding hydrogens is 893 g/mol. The van der Waals surface area contributed by atoms with E-state index in [1.165, 1.54) is 0 Å². The summed E-state index contributed by atoms with van der Waals surface area (Å²) in [5.41, 5.74) is 3.76. The SMILES string of the molecule is C[C@H](/C=C/CC(=O)N1Cc2ccccc2C[C@H]1CO)[C@@]1(O)C(=O)N(Cc2ccc(N3CN(c4ccccc4)C4(CCNCC4)C3=O)cc2)c2ccc(N3CN(c4ccccc4)C4(CCNCC4)C3=O)cc21. The van der Waals surface area contributed by atoms with Gasteiger partial charge in [0.05, 0.1) is 38.2 Å². The van der Waals surface area contributed by atoms with Crippen LogP contribution in [-0.4, -0.2) is 102 Å². The fourth-order valence-electron chi connectivity index (χ4n) is 12.2. The van der Waals surface area contributed by atoms with Crippen LogP contribution in [0.4, 0.5) is 28.4 Å². The van der Waals surface area contributed by atoms with Crippen molar-refractivity contribution >= 4 is 52.1 Å². The Hall–Kier alpha value is -6.84. The van der Waals surface area contributed by atoms with Crippen LogP contribution >= 0.6 is 0 Å². The van der Waals surface area contributed by atoms with E-state index in [0.717, 1.165) is 46.8 Å². The highest BCUT2D eigenvalue weighted by atomic mass is 16.3. The topological polar surface area (TPSA) is 152 Å². The van der Waals surface area contributed by atoms with E-state index in [-0.39, 0.29) is 43.3 Å². The molecule has 0 bridgehead atoms. The number of nitrogens with one attached hydrogen (secondary N) is 2. The lowest BCUT2D eigenvalue weighted by molar-refractivity contribution is -0.139. The van der Waals surface area contributed by atoms with Gasteiger partial charge in [-0.15, -0.1) is 0 Å². The van der Waals surface area contributed by atoms with E-state index in [9.17, 15) is 24.6 Å². The number of hydrogen-bond donors (Lipinski definition) is 4. The zero-order valence-electron chi connectivity index (χ0n) is 40.3. The molecule has 0 radical (unpaired) electrons. The first-order valence-corrected chi connectivity index (χ1v) is 25.2. The van der Waals surface area contributed by atoms with Gasteiger partial charge in [0.2, 0.25) is 5.91 Å². The zero-order chi connectivity index (χ0) is 48.9. The van der Waals surface area contributed by atoms with Gasteiger partial charge < -0.3 is 40.4 Å². The summed E-state index contributed by atoms with van der Waals surface area (Å²) in [6, 6.07) is 41.0. The van der Waals surface area contributed by atoms with Gasteiger partial charge in [0.25, 0.3) is 17.7 Å². The Kier molecular flexibility index (Phi) is 12.3. The Labute approximate surface area is 415 Å². The first-order chi connectivity index (χ1) is 34.6. The minimum Gasteiger partial charge on any atom is -0.394 e. The van der Waals surface area contributed by atoms with Crippen LogP contribution in [0, 0.1) is 5.92 Å². The number of para-hydroxylation sites is 2. The van der Waals surface area contributed by atoms with Crippen molar-refractivity contribution in [1.29, 1.82) is 0 Å². The Balaban J connectivity index is 0.892. The summed E-state index contributed by atoms with van der Waals surface area (Å²) in [5.74, 6) is -1.40. The number of carbonyl (C=O) groups excluding carboxylic acids is 4. The Bertz CT molecular complexity index is 2850. The summed E-state index contributed by atoms with van der Waals surface area (Å²) in [5, 5.41) is 30.2. The van der Waals surface area contributed by atoms with E-state index in [1.54, 1.807) is 39.8 Å². The molecular formula is C57H62N8O6. The van der Waals surface area contributed by atoms with Crippen molar-refractivity contribution in [2.45, 2.75) is 81.3 Å². The largest absolute Gasteiger partial charge is 0.394 e. The molecule has 4 amide bonds. The van der Waals surface area contributed by atoms with Crippen LogP contribution in [-0.2, 0) is 44.3 Å². The van der Waals surface area contributed by atoms with Gasteiger partial charge in [-0.05, 0) is 130 Å². The number of rotatable bonds is 11. The van der Waals surface area contributed by atoms with Crippen LogP contribution in [0.5, 0.6) is 0 Å². The van der Waals surface area contributed by atoms with Crippen molar-refractivity contribution in [3.8, 4) is 0 Å². The maximum atomic E-state index is 15.1. The van der Waals surface area contributed by atoms with Gasteiger partial charge in [0, 0.05) is 47.2 Å². The highest BCUT2D eigenvalue weighted by molar-refractivity contribution is 6.10. The number of anilines is 5. The summed E-state index contributed by atoms with van der Waals surface area (Å²) >= 11 is 0.